The van der Waals surface area contributed by atoms with Crippen molar-refractivity contribution in [1.29, 1.82) is 0 Å². The molecular formula is C10H13BrN4O. The molecule has 2 aromatic rings. The second-order valence-electron chi connectivity index (χ2n) is 3.44. The van der Waals surface area contributed by atoms with Crippen molar-refractivity contribution in [3.05, 3.63) is 34.7 Å². The zero-order chi connectivity index (χ0) is 11.5. The molecule has 2 N–H and O–H groups in total. The van der Waals surface area contributed by atoms with Crippen LogP contribution in [0.4, 0.5) is 0 Å². The van der Waals surface area contributed by atoms with Gasteiger partial charge >= 0.3 is 0 Å². The standard InChI is InChI=1S/C10H13BrN4O/c1-2-15-10(13-6-14-15)5-7(12)8-3-4-9(11)16-8/h3-4,6-7H,2,5,12H2,1H3. The molecule has 0 aliphatic heterocycles. The summed E-state index contributed by atoms with van der Waals surface area (Å²) in [5.41, 5.74) is 6.03. The zero-order valence-corrected chi connectivity index (χ0v) is 10.5. The van der Waals surface area contributed by atoms with Crippen LogP contribution in [-0.4, -0.2) is 14.8 Å². The molecule has 0 bridgehead atoms. The van der Waals surface area contributed by atoms with Gasteiger partial charge in [-0.3, -0.25) is 4.68 Å². The Hall–Kier alpha value is -1.14. The van der Waals surface area contributed by atoms with E-state index in [1.165, 1.54) is 0 Å². The molecule has 1 atom stereocenters. The van der Waals surface area contributed by atoms with Gasteiger partial charge in [0.25, 0.3) is 0 Å². The highest BCUT2D eigenvalue weighted by Gasteiger charge is 2.14. The quantitative estimate of drug-likeness (QED) is 0.931. The second kappa shape index (κ2) is 4.80. The van der Waals surface area contributed by atoms with Crippen LogP contribution in [0.25, 0.3) is 0 Å². The Balaban J connectivity index is 2.10. The summed E-state index contributed by atoms with van der Waals surface area (Å²) in [6.07, 6.45) is 2.16. The third kappa shape index (κ3) is 2.33. The van der Waals surface area contributed by atoms with Crippen LogP contribution >= 0.6 is 15.9 Å². The van der Waals surface area contributed by atoms with E-state index < -0.39 is 0 Å². The molecule has 6 heteroatoms. The molecule has 0 radical (unpaired) electrons. The van der Waals surface area contributed by atoms with E-state index in [4.69, 9.17) is 10.2 Å². The van der Waals surface area contributed by atoms with Gasteiger partial charge in [-0.1, -0.05) is 0 Å². The lowest BCUT2D eigenvalue weighted by Gasteiger charge is -2.08. The van der Waals surface area contributed by atoms with E-state index in [2.05, 4.69) is 26.0 Å². The Morgan fingerprint density at radius 2 is 2.38 bits per heavy atom. The van der Waals surface area contributed by atoms with Gasteiger partial charge in [0.05, 0.1) is 6.04 Å². The van der Waals surface area contributed by atoms with E-state index in [1.54, 1.807) is 6.33 Å². The van der Waals surface area contributed by atoms with Gasteiger partial charge in [-0.05, 0) is 35.0 Å². The van der Waals surface area contributed by atoms with Gasteiger partial charge in [0, 0.05) is 13.0 Å². The van der Waals surface area contributed by atoms with Crippen molar-refractivity contribution >= 4 is 15.9 Å². The summed E-state index contributed by atoms with van der Waals surface area (Å²) in [5, 5.41) is 4.10. The second-order valence-corrected chi connectivity index (χ2v) is 4.23. The molecule has 0 spiro atoms. The molecule has 0 fully saturated rings. The van der Waals surface area contributed by atoms with Gasteiger partial charge in [0.2, 0.25) is 0 Å². The maximum atomic E-state index is 6.03. The highest BCUT2D eigenvalue weighted by Crippen LogP contribution is 2.21. The first kappa shape index (κ1) is 11.3. The molecule has 0 saturated carbocycles. The Morgan fingerprint density at radius 3 is 3.00 bits per heavy atom. The van der Waals surface area contributed by atoms with Crippen LogP contribution < -0.4 is 5.73 Å². The number of aromatic nitrogens is 3. The van der Waals surface area contributed by atoms with Crippen molar-refractivity contribution < 1.29 is 4.42 Å². The molecule has 2 aromatic heterocycles. The fraction of sp³-hybridized carbons (Fsp3) is 0.400. The molecule has 0 aliphatic rings. The van der Waals surface area contributed by atoms with E-state index in [0.29, 0.717) is 11.1 Å². The lowest BCUT2D eigenvalue weighted by Crippen LogP contribution is -2.16. The van der Waals surface area contributed by atoms with Crippen LogP contribution in [-0.2, 0) is 13.0 Å². The summed E-state index contributed by atoms with van der Waals surface area (Å²) >= 11 is 3.25. The monoisotopic (exact) mass is 284 g/mol. The van der Waals surface area contributed by atoms with E-state index >= 15 is 0 Å². The molecule has 86 valence electrons. The minimum atomic E-state index is -0.194. The molecule has 0 aromatic carbocycles. The first-order chi connectivity index (χ1) is 7.70. The molecule has 2 rings (SSSR count). The predicted molar refractivity (Wildman–Crippen MR) is 62.7 cm³/mol. The summed E-state index contributed by atoms with van der Waals surface area (Å²) in [4.78, 5) is 4.18. The number of halogens is 1. The van der Waals surface area contributed by atoms with Crippen molar-refractivity contribution in [1.82, 2.24) is 14.8 Å². The average molecular weight is 285 g/mol. The van der Waals surface area contributed by atoms with Crippen molar-refractivity contribution in [3.8, 4) is 0 Å². The maximum absolute atomic E-state index is 6.03. The smallest absolute Gasteiger partial charge is 0.169 e. The number of hydrogen-bond acceptors (Lipinski definition) is 4. The summed E-state index contributed by atoms with van der Waals surface area (Å²) in [5.74, 6) is 1.63. The van der Waals surface area contributed by atoms with Crippen molar-refractivity contribution in [2.75, 3.05) is 0 Å². The molecule has 2 heterocycles. The lowest BCUT2D eigenvalue weighted by molar-refractivity contribution is 0.439. The lowest BCUT2D eigenvalue weighted by atomic mass is 10.1. The summed E-state index contributed by atoms with van der Waals surface area (Å²) in [7, 11) is 0. The third-order valence-corrected chi connectivity index (χ3v) is 2.78. The van der Waals surface area contributed by atoms with E-state index in [9.17, 15) is 0 Å². The van der Waals surface area contributed by atoms with E-state index in [0.717, 1.165) is 18.1 Å². The van der Waals surface area contributed by atoms with Gasteiger partial charge in [0.1, 0.15) is 17.9 Å². The molecule has 1 unspecified atom stereocenters. The Bertz CT molecular complexity index is 465. The number of rotatable bonds is 4. The average Bonchev–Trinajstić information content (AvgIpc) is 2.86. The topological polar surface area (TPSA) is 69.9 Å². The van der Waals surface area contributed by atoms with Gasteiger partial charge < -0.3 is 10.2 Å². The van der Waals surface area contributed by atoms with Crippen molar-refractivity contribution in [2.24, 2.45) is 5.73 Å². The number of aryl methyl sites for hydroxylation is 1. The molecule has 0 saturated heterocycles. The Labute approximate surface area is 102 Å². The first-order valence-corrected chi connectivity index (χ1v) is 5.87. The zero-order valence-electron chi connectivity index (χ0n) is 8.93. The Morgan fingerprint density at radius 1 is 1.56 bits per heavy atom. The van der Waals surface area contributed by atoms with Gasteiger partial charge in [-0.15, -0.1) is 0 Å². The molecule has 5 nitrogen and oxygen atoms in total. The summed E-state index contributed by atoms with van der Waals surface area (Å²) in [6, 6.07) is 3.50. The normalized spacial score (nSPS) is 12.9. The van der Waals surface area contributed by atoms with Gasteiger partial charge in [-0.2, -0.15) is 5.10 Å². The summed E-state index contributed by atoms with van der Waals surface area (Å²) in [6.45, 7) is 2.82. The van der Waals surface area contributed by atoms with Crippen LogP contribution in [0.1, 0.15) is 24.6 Å². The van der Waals surface area contributed by atoms with Crippen molar-refractivity contribution in [3.63, 3.8) is 0 Å². The minimum absolute atomic E-state index is 0.194. The highest BCUT2D eigenvalue weighted by molar-refractivity contribution is 9.10. The number of furan rings is 1. The van der Waals surface area contributed by atoms with E-state index in [1.807, 2.05) is 23.7 Å². The van der Waals surface area contributed by atoms with Gasteiger partial charge in [-0.25, -0.2) is 4.98 Å². The fourth-order valence-electron chi connectivity index (χ4n) is 1.54. The number of hydrogen-bond donors (Lipinski definition) is 1. The van der Waals surface area contributed by atoms with Crippen molar-refractivity contribution in [2.45, 2.75) is 25.9 Å². The SMILES string of the molecule is CCn1ncnc1CC(N)c1ccc(Br)o1. The van der Waals surface area contributed by atoms with Gasteiger partial charge in [0.15, 0.2) is 4.67 Å². The number of nitrogens with two attached hydrogens (primary N) is 1. The van der Waals surface area contributed by atoms with Crippen LogP contribution in [0.15, 0.2) is 27.5 Å². The largest absolute Gasteiger partial charge is 0.453 e. The van der Waals surface area contributed by atoms with Crippen LogP contribution in [0.3, 0.4) is 0 Å². The van der Waals surface area contributed by atoms with Crippen LogP contribution in [0, 0.1) is 0 Å². The molecule has 16 heavy (non-hydrogen) atoms. The minimum Gasteiger partial charge on any atom is -0.453 e. The molecular weight excluding hydrogens is 272 g/mol. The number of nitrogens with zero attached hydrogens (tertiary/aromatic N) is 3. The van der Waals surface area contributed by atoms with Crippen LogP contribution in [0.2, 0.25) is 0 Å². The highest BCUT2D eigenvalue weighted by atomic mass is 79.9. The predicted octanol–water partition coefficient (Wildman–Crippen LogP) is 1.90. The maximum Gasteiger partial charge on any atom is 0.169 e. The summed E-state index contributed by atoms with van der Waals surface area (Å²) < 4.78 is 7.92. The molecule has 0 aliphatic carbocycles. The first-order valence-electron chi connectivity index (χ1n) is 5.08. The third-order valence-electron chi connectivity index (χ3n) is 2.36. The molecule has 0 amide bonds. The Kier molecular flexibility index (Phi) is 3.40. The fourth-order valence-corrected chi connectivity index (χ4v) is 1.85. The van der Waals surface area contributed by atoms with Crippen LogP contribution in [0.5, 0.6) is 0 Å². The van der Waals surface area contributed by atoms with E-state index in [-0.39, 0.29) is 6.04 Å².